The van der Waals surface area contributed by atoms with Crippen LogP contribution >= 0.6 is 0 Å². The van der Waals surface area contributed by atoms with E-state index in [0.29, 0.717) is 0 Å². The molecule has 0 radical (unpaired) electrons. The third-order valence-corrected chi connectivity index (χ3v) is 1.82. The average Bonchev–Trinajstić information content (AvgIpc) is 2.11. The first kappa shape index (κ1) is 11.1. The van der Waals surface area contributed by atoms with Crippen molar-refractivity contribution in [3.8, 4) is 0 Å². The first-order valence-corrected chi connectivity index (χ1v) is 3.32. The summed E-state index contributed by atoms with van der Waals surface area (Å²) < 4.78 is 87.0. The molecule has 1 aliphatic carbocycles. The zero-order valence-electron chi connectivity index (χ0n) is 6.65. The van der Waals surface area contributed by atoms with Crippen molar-refractivity contribution in [3.63, 3.8) is 0 Å². The summed E-state index contributed by atoms with van der Waals surface area (Å²) in [6, 6.07) is 0. The van der Waals surface area contributed by atoms with Gasteiger partial charge < -0.3 is 0 Å². The van der Waals surface area contributed by atoms with Crippen molar-refractivity contribution in [2.75, 3.05) is 0 Å². The fraction of sp³-hybridized carbons (Fsp3) is 0.429. The molecular weight excluding hydrogens is 217 g/mol. The van der Waals surface area contributed by atoms with Gasteiger partial charge >= 0.3 is 11.8 Å². The number of hydrogen-bond acceptors (Lipinski definition) is 0. The van der Waals surface area contributed by atoms with Crippen LogP contribution in [0.25, 0.3) is 0 Å². The quantitative estimate of drug-likeness (QED) is 0.546. The number of hydrogen-bond donors (Lipinski definition) is 0. The first-order chi connectivity index (χ1) is 6.13. The highest BCUT2D eigenvalue weighted by molar-refractivity contribution is 5.40. The average molecular weight is 220 g/mol. The van der Waals surface area contributed by atoms with Crippen LogP contribution in [0.5, 0.6) is 0 Å². The molecule has 14 heavy (non-hydrogen) atoms. The van der Waals surface area contributed by atoms with Crippen LogP contribution in [-0.2, 0) is 0 Å². The van der Waals surface area contributed by atoms with Crippen LogP contribution in [0, 0.1) is 0 Å². The minimum atomic E-state index is -4.93. The Bertz CT molecular complexity index is 274. The number of halogens is 7. The van der Waals surface area contributed by atoms with Crippen LogP contribution in [-0.4, -0.2) is 11.8 Å². The van der Waals surface area contributed by atoms with Crippen molar-refractivity contribution in [2.45, 2.75) is 18.8 Å². The number of rotatable bonds is 0. The van der Waals surface area contributed by atoms with E-state index in [0.717, 1.165) is 0 Å². The zero-order valence-corrected chi connectivity index (χ0v) is 6.65. The van der Waals surface area contributed by atoms with Crippen molar-refractivity contribution in [1.29, 1.82) is 0 Å². The molecule has 0 aromatic heterocycles. The summed E-state index contributed by atoms with van der Waals surface area (Å²) in [7, 11) is 0. The minimum absolute atomic E-state index is 0.273. The van der Waals surface area contributed by atoms with E-state index in [4.69, 9.17) is 0 Å². The summed E-state index contributed by atoms with van der Waals surface area (Å²) in [5, 5.41) is 0. The second kappa shape index (κ2) is 2.74. The summed E-state index contributed by atoms with van der Waals surface area (Å²) in [5.74, 6) is -18.3. The van der Waals surface area contributed by atoms with Crippen molar-refractivity contribution in [1.82, 2.24) is 0 Å². The van der Waals surface area contributed by atoms with E-state index in [1.54, 1.807) is 0 Å². The summed E-state index contributed by atoms with van der Waals surface area (Å²) in [6.07, 6.45) is 0. The van der Waals surface area contributed by atoms with Crippen molar-refractivity contribution in [2.24, 2.45) is 0 Å². The summed E-state index contributed by atoms with van der Waals surface area (Å²) in [6.45, 7) is 0.273. The lowest BCUT2D eigenvalue weighted by atomic mass is 9.98. The van der Waals surface area contributed by atoms with Crippen LogP contribution < -0.4 is 0 Å². The van der Waals surface area contributed by atoms with E-state index in [2.05, 4.69) is 0 Å². The molecule has 0 heterocycles. The molecule has 0 aliphatic heterocycles. The van der Waals surface area contributed by atoms with Gasteiger partial charge in [0, 0.05) is 5.57 Å². The Kier molecular flexibility index (Phi) is 2.17. The van der Waals surface area contributed by atoms with Gasteiger partial charge in [-0.2, -0.15) is 17.6 Å². The lowest BCUT2D eigenvalue weighted by Crippen LogP contribution is -2.34. The lowest BCUT2D eigenvalue weighted by molar-refractivity contribution is -0.0194. The Morgan fingerprint density at radius 2 is 1.07 bits per heavy atom. The third kappa shape index (κ3) is 1.14. The summed E-state index contributed by atoms with van der Waals surface area (Å²) in [4.78, 5) is 0. The summed E-state index contributed by atoms with van der Waals surface area (Å²) in [5.41, 5.74) is -1.82. The molecule has 0 nitrogen and oxygen atoms in total. The molecule has 0 N–H and O–H groups in total. The van der Waals surface area contributed by atoms with Crippen LogP contribution in [0.4, 0.5) is 30.7 Å². The van der Waals surface area contributed by atoms with Gasteiger partial charge in [-0.25, -0.2) is 13.2 Å². The monoisotopic (exact) mass is 220 g/mol. The van der Waals surface area contributed by atoms with Crippen LogP contribution in [0.15, 0.2) is 23.1 Å². The summed E-state index contributed by atoms with van der Waals surface area (Å²) >= 11 is 0. The normalized spacial score (nSPS) is 25.7. The molecule has 7 heteroatoms. The Labute approximate surface area is 73.7 Å². The molecule has 0 fully saturated rings. The van der Waals surface area contributed by atoms with E-state index in [9.17, 15) is 30.7 Å². The van der Waals surface area contributed by atoms with E-state index in [1.807, 2.05) is 0 Å². The Hall–Kier alpha value is -1.01. The molecule has 0 aromatic carbocycles. The molecule has 0 saturated heterocycles. The smallest absolute Gasteiger partial charge is 0.204 e. The Balaban J connectivity index is 3.46. The van der Waals surface area contributed by atoms with Crippen molar-refractivity contribution in [3.05, 3.63) is 23.1 Å². The SMILES string of the molecule is CC1=C(F)C(F)(F)C(F)=C(F)C1(F)F. The number of alkyl halides is 4. The van der Waals surface area contributed by atoms with Gasteiger partial charge in [0.05, 0.1) is 0 Å². The maximum Gasteiger partial charge on any atom is 0.352 e. The molecule has 1 rings (SSSR count). The zero-order chi connectivity index (χ0) is 11.3. The van der Waals surface area contributed by atoms with Crippen molar-refractivity contribution < 1.29 is 30.7 Å². The molecule has 0 spiro atoms. The molecule has 0 saturated carbocycles. The minimum Gasteiger partial charge on any atom is -0.204 e. The van der Waals surface area contributed by atoms with E-state index in [-0.39, 0.29) is 6.92 Å². The fourth-order valence-corrected chi connectivity index (χ4v) is 0.910. The van der Waals surface area contributed by atoms with Crippen LogP contribution in [0.2, 0.25) is 0 Å². The molecule has 0 unspecified atom stereocenters. The molecule has 0 aromatic rings. The van der Waals surface area contributed by atoms with Gasteiger partial charge in [-0.05, 0) is 6.92 Å². The second-order valence-corrected chi connectivity index (χ2v) is 2.72. The van der Waals surface area contributed by atoms with Gasteiger partial charge in [-0.3, -0.25) is 0 Å². The largest absolute Gasteiger partial charge is 0.352 e. The van der Waals surface area contributed by atoms with E-state index in [1.165, 1.54) is 0 Å². The highest BCUT2D eigenvalue weighted by Gasteiger charge is 2.58. The predicted molar refractivity (Wildman–Crippen MR) is 32.9 cm³/mol. The van der Waals surface area contributed by atoms with Crippen molar-refractivity contribution >= 4 is 0 Å². The van der Waals surface area contributed by atoms with Crippen LogP contribution in [0.1, 0.15) is 6.92 Å². The number of allylic oxidation sites excluding steroid dienone is 4. The Morgan fingerprint density at radius 1 is 0.714 bits per heavy atom. The molecule has 80 valence electrons. The molecule has 0 bridgehead atoms. The maximum atomic E-state index is 12.5. The predicted octanol–water partition coefficient (Wildman–Crippen LogP) is 3.66. The fourth-order valence-electron chi connectivity index (χ4n) is 0.910. The first-order valence-electron chi connectivity index (χ1n) is 3.32. The Morgan fingerprint density at radius 3 is 1.50 bits per heavy atom. The van der Waals surface area contributed by atoms with Gasteiger partial charge in [-0.1, -0.05) is 0 Å². The van der Waals surface area contributed by atoms with Gasteiger partial charge in [0.2, 0.25) is 11.7 Å². The highest BCUT2D eigenvalue weighted by Crippen LogP contribution is 2.50. The standard InChI is InChI=1S/C7H3F7/c1-2-3(8)7(13,14)5(10)4(9)6(2,11)12/h1H3. The third-order valence-electron chi connectivity index (χ3n) is 1.82. The lowest BCUT2D eigenvalue weighted by Gasteiger charge is -2.25. The molecule has 0 amide bonds. The second-order valence-electron chi connectivity index (χ2n) is 2.72. The molecule has 0 atom stereocenters. The van der Waals surface area contributed by atoms with Gasteiger partial charge in [-0.15, -0.1) is 0 Å². The van der Waals surface area contributed by atoms with Crippen LogP contribution in [0.3, 0.4) is 0 Å². The highest BCUT2D eigenvalue weighted by atomic mass is 19.3. The maximum absolute atomic E-state index is 12.5. The van der Waals surface area contributed by atoms with E-state index >= 15 is 0 Å². The van der Waals surface area contributed by atoms with Gasteiger partial charge in [0.1, 0.15) is 0 Å². The molecule has 1 aliphatic rings. The topological polar surface area (TPSA) is 0 Å². The van der Waals surface area contributed by atoms with E-state index < -0.39 is 34.9 Å². The van der Waals surface area contributed by atoms with Gasteiger partial charge in [0.15, 0.2) is 5.83 Å². The van der Waals surface area contributed by atoms with Gasteiger partial charge in [0.25, 0.3) is 0 Å². The molecular formula is C7H3F7.